The van der Waals surface area contributed by atoms with Gasteiger partial charge in [0.25, 0.3) is 0 Å². The van der Waals surface area contributed by atoms with E-state index < -0.39 is 12.1 Å². The first kappa shape index (κ1) is 15.6. The summed E-state index contributed by atoms with van der Waals surface area (Å²) in [5, 5.41) is 10.5. The van der Waals surface area contributed by atoms with E-state index >= 15 is 0 Å². The fraction of sp³-hybridized carbons (Fsp3) is 0.389. The zero-order valence-corrected chi connectivity index (χ0v) is 13.4. The summed E-state index contributed by atoms with van der Waals surface area (Å²) in [7, 11) is 0. The average molecular weight is 312 g/mol. The molecule has 0 bridgehead atoms. The smallest absolute Gasteiger partial charge is 0.340 e. The normalized spacial score (nSPS) is 16.7. The maximum absolute atomic E-state index is 12.5. The third kappa shape index (κ3) is 2.84. The lowest BCUT2D eigenvalue weighted by Crippen LogP contribution is -2.19. The van der Waals surface area contributed by atoms with Crippen LogP contribution in [0, 0.1) is 6.92 Å². The van der Waals surface area contributed by atoms with Gasteiger partial charge in [-0.1, -0.05) is 6.07 Å². The van der Waals surface area contributed by atoms with Crippen LogP contribution in [-0.4, -0.2) is 27.7 Å². The van der Waals surface area contributed by atoms with Crippen LogP contribution in [0.4, 0.5) is 0 Å². The van der Waals surface area contributed by atoms with E-state index in [0.29, 0.717) is 35.5 Å². The molecule has 0 saturated heterocycles. The molecule has 0 saturated carbocycles. The van der Waals surface area contributed by atoms with Gasteiger partial charge >= 0.3 is 5.97 Å². The van der Waals surface area contributed by atoms with Gasteiger partial charge in [-0.2, -0.15) is 0 Å². The summed E-state index contributed by atoms with van der Waals surface area (Å²) in [4.78, 5) is 21.4. The maximum Gasteiger partial charge on any atom is 0.340 e. The van der Waals surface area contributed by atoms with E-state index in [2.05, 4.69) is 9.97 Å². The number of aromatic nitrogens is 2. The van der Waals surface area contributed by atoms with Crippen LogP contribution in [-0.2, 0) is 11.2 Å². The number of rotatable bonds is 3. The van der Waals surface area contributed by atoms with Crippen LogP contribution < -0.4 is 0 Å². The second-order valence-corrected chi connectivity index (χ2v) is 5.65. The number of carbonyl (C=O) groups excluding carboxylic acids is 1. The molecule has 0 aromatic carbocycles. The lowest BCUT2D eigenvalue weighted by Gasteiger charge is -2.26. The second kappa shape index (κ2) is 6.46. The summed E-state index contributed by atoms with van der Waals surface area (Å²) in [5.74, 6) is -0.418. The van der Waals surface area contributed by atoms with Crippen LogP contribution in [0.5, 0.6) is 0 Å². The Labute approximate surface area is 135 Å². The molecule has 0 aliphatic heterocycles. The van der Waals surface area contributed by atoms with Gasteiger partial charge in [-0.3, -0.25) is 9.97 Å². The Balaban J connectivity index is 2.31. The molecule has 0 radical (unpaired) electrons. The van der Waals surface area contributed by atoms with Crippen molar-refractivity contribution in [2.45, 2.75) is 39.2 Å². The molecular formula is C18H20N2O3. The Morgan fingerprint density at radius 3 is 2.96 bits per heavy atom. The van der Waals surface area contributed by atoms with E-state index in [4.69, 9.17) is 4.74 Å². The molecule has 2 heterocycles. The molecular weight excluding hydrogens is 292 g/mol. The van der Waals surface area contributed by atoms with Gasteiger partial charge in [0, 0.05) is 23.0 Å². The molecule has 1 aliphatic rings. The lowest BCUT2D eigenvalue weighted by atomic mass is 9.85. The molecule has 1 N–H and O–H groups in total. The van der Waals surface area contributed by atoms with Gasteiger partial charge in [0.15, 0.2) is 0 Å². The fourth-order valence-corrected chi connectivity index (χ4v) is 3.16. The number of aliphatic hydroxyl groups is 1. The van der Waals surface area contributed by atoms with Crippen LogP contribution in [0.2, 0.25) is 0 Å². The second-order valence-electron chi connectivity index (χ2n) is 5.65. The summed E-state index contributed by atoms with van der Waals surface area (Å²) in [6.45, 7) is 3.87. The predicted molar refractivity (Wildman–Crippen MR) is 86.1 cm³/mol. The quantitative estimate of drug-likeness (QED) is 0.882. The molecule has 2 aromatic heterocycles. The highest BCUT2D eigenvalue weighted by molar-refractivity contribution is 5.99. The third-order valence-corrected chi connectivity index (χ3v) is 4.12. The molecule has 23 heavy (non-hydrogen) atoms. The Kier molecular flexibility index (Phi) is 4.39. The predicted octanol–water partition coefficient (Wildman–Crippen LogP) is 3.00. The van der Waals surface area contributed by atoms with Crippen molar-refractivity contribution in [2.75, 3.05) is 6.61 Å². The molecule has 1 unspecified atom stereocenters. The Bertz CT molecular complexity index is 729. The van der Waals surface area contributed by atoms with E-state index in [0.717, 1.165) is 24.1 Å². The highest BCUT2D eigenvalue weighted by atomic mass is 16.5. The summed E-state index contributed by atoms with van der Waals surface area (Å²) in [6.07, 6.45) is 3.41. The molecule has 0 spiro atoms. The Hall–Kier alpha value is -2.27. The van der Waals surface area contributed by atoms with Crippen molar-refractivity contribution in [3.63, 3.8) is 0 Å². The molecule has 0 amide bonds. The van der Waals surface area contributed by atoms with Crippen molar-refractivity contribution in [1.82, 2.24) is 9.97 Å². The Morgan fingerprint density at radius 1 is 1.43 bits per heavy atom. The summed E-state index contributed by atoms with van der Waals surface area (Å²) in [5.41, 5.74) is 3.94. The minimum atomic E-state index is -0.628. The minimum Gasteiger partial charge on any atom is -0.462 e. The van der Waals surface area contributed by atoms with Gasteiger partial charge in [-0.15, -0.1) is 0 Å². The van der Waals surface area contributed by atoms with E-state index in [-0.39, 0.29) is 0 Å². The van der Waals surface area contributed by atoms with Gasteiger partial charge in [0.1, 0.15) is 0 Å². The lowest BCUT2D eigenvalue weighted by molar-refractivity contribution is 0.0525. The summed E-state index contributed by atoms with van der Waals surface area (Å²) < 4.78 is 5.21. The maximum atomic E-state index is 12.5. The number of pyridine rings is 2. The van der Waals surface area contributed by atoms with Crippen molar-refractivity contribution in [3.05, 3.63) is 46.9 Å². The zero-order valence-electron chi connectivity index (χ0n) is 13.4. The van der Waals surface area contributed by atoms with Gasteiger partial charge in [-0.25, -0.2) is 4.79 Å². The van der Waals surface area contributed by atoms with E-state index in [9.17, 15) is 9.90 Å². The number of fused-ring (bicyclic) bond motifs is 1. The van der Waals surface area contributed by atoms with Crippen LogP contribution in [0.1, 0.15) is 53.2 Å². The van der Waals surface area contributed by atoms with E-state index in [1.165, 1.54) is 0 Å². The van der Waals surface area contributed by atoms with Crippen molar-refractivity contribution in [3.8, 4) is 11.3 Å². The van der Waals surface area contributed by atoms with Crippen molar-refractivity contribution in [1.29, 1.82) is 0 Å². The first-order valence-corrected chi connectivity index (χ1v) is 7.93. The van der Waals surface area contributed by atoms with Crippen LogP contribution in [0.15, 0.2) is 24.4 Å². The molecule has 1 atom stereocenters. The number of hydrogen-bond donors (Lipinski definition) is 1. The minimum absolute atomic E-state index is 0.291. The van der Waals surface area contributed by atoms with Crippen LogP contribution in [0.25, 0.3) is 11.3 Å². The molecule has 1 aliphatic carbocycles. The number of carbonyl (C=O) groups is 1. The van der Waals surface area contributed by atoms with Crippen LogP contribution in [0.3, 0.4) is 0 Å². The zero-order chi connectivity index (χ0) is 16.4. The standard InChI is InChI=1S/C18H20N2O3/c1-3-23-18(22)15-11(2)20-13-8-6-9-14(21)16(13)17(15)12-7-4-5-10-19-12/h4-5,7,10,14,21H,3,6,8-9H2,1-2H3. The van der Waals surface area contributed by atoms with Crippen molar-refractivity contribution in [2.24, 2.45) is 0 Å². The first-order chi connectivity index (χ1) is 11.1. The number of esters is 1. The largest absolute Gasteiger partial charge is 0.462 e. The average Bonchev–Trinajstić information content (AvgIpc) is 2.54. The van der Waals surface area contributed by atoms with E-state index in [1.807, 2.05) is 18.2 Å². The van der Waals surface area contributed by atoms with Gasteiger partial charge in [-0.05, 0) is 45.2 Å². The number of ether oxygens (including phenoxy) is 1. The number of aryl methyl sites for hydroxylation is 2. The third-order valence-electron chi connectivity index (χ3n) is 4.12. The topological polar surface area (TPSA) is 72.3 Å². The van der Waals surface area contributed by atoms with Crippen LogP contribution >= 0.6 is 0 Å². The highest BCUT2D eigenvalue weighted by Gasteiger charge is 2.30. The molecule has 3 rings (SSSR count). The monoisotopic (exact) mass is 312 g/mol. The number of hydrogen-bond acceptors (Lipinski definition) is 5. The van der Waals surface area contributed by atoms with Crippen molar-refractivity contribution >= 4 is 5.97 Å². The van der Waals surface area contributed by atoms with Gasteiger partial charge < -0.3 is 9.84 Å². The number of nitrogens with zero attached hydrogens (tertiary/aromatic N) is 2. The number of aliphatic hydroxyl groups excluding tert-OH is 1. The SMILES string of the molecule is CCOC(=O)c1c(C)nc2c(c1-c1ccccn1)C(O)CCC2. The molecule has 5 nitrogen and oxygen atoms in total. The molecule has 5 heteroatoms. The first-order valence-electron chi connectivity index (χ1n) is 7.93. The molecule has 2 aromatic rings. The molecule has 120 valence electrons. The van der Waals surface area contributed by atoms with E-state index in [1.54, 1.807) is 20.0 Å². The van der Waals surface area contributed by atoms with Crippen molar-refractivity contribution < 1.29 is 14.6 Å². The fourth-order valence-electron chi connectivity index (χ4n) is 3.16. The van der Waals surface area contributed by atoms with Gasteiger partial charge in [0.2, 0.25) is 0 Å². The summed E-state index contributed by atoms with van der Waals surface area (Å²) >= 11 is 0. The van der Waals surface area contributed by atoms with Gasteiger partial charge in [0.05, 0.1) is 29.7 Å². The Morgan fingerprint density at radius 2 is 2.26 bits per heavy atom. The molecule has 0 fully saturated rings. The summed E-state index contributed by atoms with van der Waals surface area (Å²) in [6, 6.07) is 5.54. The highest BCUT2D eigenvalue weighted by Crippen LogP contribution is 2.39.